The zero-order valence-electron chi connectivity index (χ0n) is 10.1. The second-order valence-corrected chi connectivity index (χ2v) is 4.83. The number of hydrogen-bond donors (Lipinski definition) is 2. The van der Waals surface area contributed by atoms with E-state index in [2.05, 4.69) is 10.3 Å². The zero-order valence-corrected chi connectivity index (χ0v) is 10.9. The maximum Gasteiger partial charge on any atom is 0.136 e. The normalized spacial score (nSPS) is 22.9. The van der Waals surface area contributed by atoms with Crippen molar-refractivity contribution >= 4 is 23.0 Å². The molecular formula is C12H17N3OS. The molecule has 0 atom stereocenters. The Hall–Kier alpha value is -1.20. The summed E-state index contributed by atoms with van der Waals surface area (Å²) < 4.78 is 5.24. The summed E-state index contributed by atoms with van der Waals surface area (Å²) in [7, 11) is 1.74. The van der Waals surface area contributed by atoms with Gasteiger partial charge in [0.1, 0.15) is 10.8 Å². The van der Waals surface area contributed by atoms with Crippen LogP contribution < -0.4 is 11.1 Å². The first kappa shape index (κ1) is 12.3. The Morgan fingerprint density at radius 1 is 1.59 bits per heavy atom. The van der Waals surface area contributed by atoms with Crippen LogP contribution in [-0.2, 0) is 4.74 Å². The lowest BCUT2D eigenvalue weighted by atomic mass is 9.89. The Morgan fingerprint density at radius 2 is 2.29 bits per heavy atom. The highest BCUT2D eigenvalue weighted by Crippen LogP contribution is 2.27. The van der Waals surface area contributed by atoms with Crippen LogP contribution in [0.5, 0.6) is 0 Å². The van der Waals surface area contributed by atoms with Crippen molar-refractivity contribution in [3.05, 3.63) is 23.4 Å². The van der Waals surface area contributed by atoms with Crippen molar-refractivity contribution in [2.45, 2.75) is 31.9 Å². The van der Waals surface area contributed by atoms with E-state index in [0.29, 0.717) is 17.1 Å². The summed E-state index contributed by atoms with van der Waals surface area (Å²) >= 11 is 5.06. The Morgan fingerprint density at radius 3 is 2.88 bits per heavy atom. The minimum atomic E-state index is 0.366. The number of methoxy groups -OCH3 is 1. The van der Waals surface area contributed by atoms with Gasteiger partial charge in [0.05, 0.1) is 11.7 Å². The highest BCUT2D eigenvalue weighted by Gasteiger charge is 2.29. The topological polar surface area (TPSA) is 60.2 Å². The van der Waals surface area contributed by atoms with Crippen LogP contribution in [0, 0.1) is 6.92 Å². The summed E-state index contributed by atoms with van der Waals surface area (Å²) in [4.78, 5) is 4.70. The Bertz CT molecular complexity index is 430. The van der Waals surface area contributed by atoms with Gasteiger partial charge in [-0.15, -0.1) is 0 Å². The molecule has 0 saturated heterocycles. The van der Waals surface area contributed by atoms with Crippen LogP contribution in [0.2, 0.25) is 0 Å². The molecule has 0 unspecified atom stereocenters. The Balaban J connectivity index is 2.11. The predicted octanol–water partition coefficient (Wildman–Crippen LogP) is 1.61. The number of nitrogens with two attached hydrogens (primary N) is 1. The van der Waals surface area contributed by atoms with Crippen molar-refractivity contribution in [1.29, 1.82) is 0 Å². The maximum atomic E-state index is 5.73. The van der Waals surface area contributed by atoms with Crippen LogP contribution in [0.1, 0.15) is 24.0 Å². The number of ether oxygens (including phenoxy) is 1. The van der Waals surface area contributed by atoms with Gasteiger partial charge in [-0.1, -0.05) is 12.2 Å². The molecule has 0 bridgehead atoms. The molecule has 92 valence electrons. The van der Waals surface area contributed by atoms with Crippen LogP contribution >= 0.6 is 12.2 Å². The number of pyridine rings is 1. The fourth-order valence-corrected chi connectivity index (χ4v) is 2.31. The minimum Gasteiger partial charge on any atom is -0.389 e. The summed E-state index contributed by atoms with van der Waals surface area (Å²) in [5.41, 5.74) is 7.63. The fourth-order valence-electron chi connectivity index (χ4n) is 2.05. The average Bonchev–Trinajstić information content (AvgIpc) is 2.22. The molecule has 1 aromatic heterocycles. The van der Waals surface area contributed by atoms with Crippen molar-refractivity contribution in [2.75, 3.05) is 12.4 Å². The fraction of sp³-hybridized carbons (Fsp3) is 0.500. The van der Waals surface area contributed by atoms with Gasteiger partial charge in [0.25, 0.3) is 0 Å². The second-order valence-electron chi connectivity index (χ2n) is 4.39. The number of hydrogen-bond acceptors (Lipinski definition) is 4. The molecule has 4 nitrogen and oxygen atoms in total. The van der Waals surface area contributed by atoms with Gasteiger partial charge in [0, 0.05) is 19.3 Å². The van der Waals surface area contributed by atoms with E-state index >= 15 is 0 Å². The second kappa shape index (κ2) is 4.98. The van der Waals surface area contributed by atoms with Crippen molar-refractivity contribution < 1.29 is 4.74 Å². The van der Waals surface area contributed by atoms with Gasteiger partial charge < -0.3 is 15.8 Å². The smallest absolute Gasteiger partial charge is 0.136 e. The number of nitrogens with one attached hydrogen (secondary N) is 1. The molecule has 1 fully saturated rings. The minimum absolute atomic E-state index is 0.366. The molecule has 17 heavy (non-hydrogen) atoms. The molecule has 1 aromatic rings. The summed E-state index contributed by atoms with van der Waals surface area (Å²) in [5.74, 6) is 0.789. The molecule has 0 amide bonds. The van der Waals surface area contributed by atoms with E-state index in [1.54, 1.807) is 13.3 Å². The van der Waals surface area contributed by atoms with Gasteiger partial charge in [-0.3, -0.25) is 0 Å². The van der Waals surface area contributed by atoms with Crippen LogP contribution in [0.4, 0.5) is 5.82 Å². The van der Waals surface area contributed by atoms with Crippen molar-refractivity contribution in [2.24, 2.45) is 5.73 Å². The molecule has 0 spiro atoms. The van der Waals surface area contributed by atoms with E-state index in [9.17, 15) is 0 Å². The van der Waals surface area contributed by atoms with Gasteiger partial charge in [-0.2, -0.15) is 0 Å². The van der Waals surface area contributed by atoms with Crippen LogP contribution in [0.25, 0.3) is 0 Å². The number of rotatable bonds is 4. The first-order valence-electron chi connectivity index (χ1n) is 5.66. The van der Waals surface area contributed by atoms with Gasteiger partial charge in [0.2, 0.25) is 0 Å². The lowest BCUT2D eigenvalue weighted by Gasteiger charge is -2.35. The standard InChI is InChI=1S/C12H17N3OS/c1-7-3-4-14-12(10(7)11(13)17)15-8-5-9(6-8)16-2/h3-4,8-9H,5-6H2,1-2H3,(H2,13,17)(H,14,15). The SMILES string of the molecule is COC1CC(Nc2nccc(C)c2C(N)=S)C1. The van der Waals surface area contributed by atoms with E-state index in [-0.39, 0.29) is 0 Å². The Labute approximate surface area is 107 Å². The maximum absolute atomic E-state index is 5.73. The van der Waals surface area contributed by atoms with E-state index in [4.69, 9.17) is 22.7 Å². The Kier molecular flexibility index (Phi) is 3.59. The van der Waals surface area contributed by atoms with Crippen molar-refractivity contribution in [3.8, 4) is 0 Å². The van der Waals surface area contributed by atoms with Gasteiger partial charge >= 0.3 is 0 Å². The molecule has 1 aliphatic rings. The third kappa shape index (κ3) is 2.56. The molecule has 0 aromatic carbocycles. The first-order valence-corrected chi connectivity index (χ1v) is 6.07. The molecular weight excluding hydrogens is 234 g/mol. The van der Waals surface area contributed by atoms with E-state index in [1.165, 1.54) is 0 Å². The van der Waals surface area contributed by atoms with Crippen LogP contribution in [0.15, 0.2) is 12.3 Å². The predicted molar refractivity (Wildman–Crippen MR) is 72.3 cm³/mol. The van der Waals surface area contributed by atoms with Crippen molar-refractivity contribution in [1.82, 2.24) is 4.98 Å². The summed E-state index contributed by atoms with van der Waals surface area (Å²) in [6, 6.07) is 2.32. The third-order valence-corrected chi connectivity index (χ3v) is 3.38. The highest BCUT2D eigenvalue weighted by atomic mass is 32.1. The number of aromatic nitrogens is 1. The number of anilines is 1. The van der Waals surface area contributed by atoms with Crippen LogP contribution in [0.3, 0.4) is 0 Å². The number of nitrogens with zero attached hydrogens (tertiary/aromatic N) is 1. The molecule has 1 heterocycles. The molecule has 0 aliphatic heterocycles. The molecule has 3 N–H and O–H groups in total. The molecule has 1 saturated carbocycles. The summed E-state index contributed by atoms with van der Waals surface area (Å²) in [6.07, 6.45) is 4.14. The van der Waals surface area contributed by atoms with Gasteiger partial charge in [0.15, 0.2) is 0 Å². The van der Waals surface area contributed by atoms with E-state index in [1.807, 2.05) is 13.0 Å². The van der Waals surface area contributed by atoms with Gasteiger partial charge in [-0.25, -0.2) is 4.98 Å². The number of aryl methyl sites for hydroxylation is 1. The van der Waals surface area contributed by atoms with E-state index < -0.39 is 0 Å². The largest absolute Gasteiger partial charge is 0.389 e. The monoisotopic (exact) mass is 251 g/mol. The number of thiocarbonyl (C=S) groups is 1. The average molecular weight is 251 g/mol. The van der Waals surface area contributed by atoms with E-state index in [0.717, 1.165) is 29.8 Å². The molecule has 1 aliphatic carbocycles. The highest BCUT2D eigenvalue weighted by molar-refractivity contribution is 7.80. The first-order chi connectivity index (χ1) is 8.11. The van der Waals surface area contributed by atoms with Crippen molar-refractivity contribution in [3.63, 3.8) is 0 Å². The molecule has 5 heteroatoms. The summed E-state index contributed by atoms with van der Waals surface area (Å²) in [5, 5.41) is 3.37. The molecule has 2 rings (SSSR count). The van der Waals surface area contributed by atoms with Crippen LogP contribution in [-0.4, -0.2) is 29.2 Å². The molecule has 0 radical (unpaired) electrons. The van der Waals surface area contributed by atoms with Gasteiger partial charge in [-0.05, 0) is 31.4 Å². The third-order valence-electron chi connectivity index (χ3n) is 3.17. The zero-order chi connectivity index (χ0) is 12.4. The lowest BCUT2D eigenvalue weighted by Crippen LogP contribution is -2.40. The quantitative estimate of drug-likeness (QED) is 0.796. The summed E-state index contributed by atoms with van der Waals surface area (Å²) in [6.45, 7) is 1.99. The lowest BCUT2D eigenvalue weighted by molar-refractivity contribution is 0.0328.